The first kappa shape index (κ1) is 14.8. The van der Waals surface area contributed by atoms with Crippen LogP contribution in [0.3, 0.4) is 0 Å². The molecule has 0 amide bonds. The zero-order chi connectivity index (χ0) is 16.8. The Hall–Kier alpha value is -2.82. The van der Waals surface area contributed by atoms with Crippen LogP contribution in [0.15, 0.2) is 41.5 Å². The molecule has 0 unspecified atom stereocenters. The molecule has 120 valence electrons. The lowest BCUT2D eigenvalue weighted by Gasteiger charge is -2.22. The summed E-state index contributed by atoms with van der Waals surface area (Å²) in [5.41, 5.74) is 11.2. The average molecular weight is 321 g/mol. The first-order chi connectivity index (χ1) is 11.5. The van der Waals surface area contributed by atoms with Crippen molar-refractivity contribution in [3.8, 4) is 11.3 Å². The molecule has 0 spiro atoms. The third-order valence-electron chi connectivity index (χ3n) is 4.64. The van der Waals surface area contributed by atoms with Crippen molar-refractivity contribution in [1.29, 1.82) is 0 Å². The maximum Gasteiger partial charge on any atom is 0.221 e. The maximum atomic E-state index is 13.2. The lowest BCUT2D eigenvalue weighted by atomic mass is 9.83. The molecule has 24 heavy (non-hydrogen) atoms. The van der Waals surface area contributed by atoms with Gasteiger partial charge in [-0.25, -0.2) is 14.4 Å². The Morgan fingerprint density at radius 2 is 1.83 bits per heavy atom. The highest BCUT2D eigenvalue weighted by Gasteiger charge is 2.32. The number of aromatic nitrogens is 2. The Balaban J connectivity index is 2.04. The van der Waals surface area contributed by atoms with Crippen LogP contribution in [-0.2, 0) is 0 Å². The summed E-state index contributed by atoms with van der Waals surface area (Å²) < 4.78 is 13.2. The Kier molecular flexibility index (Phi) is 3.30. The Morgan fingerprint density at radius 1 is 1.12 bits per heavy atom. The van der Waals surface area contributed by atoms with Crippen LogP contribution in [0, 0.1) is 5.82 Å². The number of Topliss-reactive ketones (excluding diaryl/α,β-unsaturated/α-hetero) is 1. The van der Waals surface area contributed by atoms with Gasteiger partial charge < -0.3 is 5.73 Å². The fourth-order valence-corrected chi connectivity index (χ4v) is 3.37. The van der Waals surface area contributed by atoms with Crippen LogP contribution in [0.4, 0.5) is 10.3 Å². The second kappa shape index (κ2) is 5.37. The number of rotatable bonds is 1. The third kappa shape index (κ3) is 2.24. The van der Waals surface area contributed by atoms with Gasteiger partial charge in [0.2, 0.25) is 5.95 Å². The minimum absolute atomic E-state index is 0.0530. The van der Waals surface area contributed by atoms with E-state index in [1.807, 2.05) is 6.08 Å². The number of fused-ring (bicyclic) bond motifs is 4. The number of carbonyl (C=O) groups excluding carboxylic acids is 1. The molecule has 2 aliphatic carbocycles. The lowest BCUT2D eigenvalue weighted by Crippen LogP contribution is -2.19. The number of hydrogen-bond donors (Lipinski definition) is 1. The highest BCUT2D eigenvalue weighted by molar-refractivity contribution is 6.18. The van der Waals surface area contributed by atoms with E-state index in [0.29, 0.717) is 28.9 Å². The molecule has 1 heterocycles. The molecule has 0 aliphatic heterocycles. The highest BCUT2D eigenvalue weighted by atomic mass is 19.1. The van der Waals surface area contributed by atoms with Crippen LogP contribution in [0.5, 0.6) is 0 Å². The SMILES string of the molecule is CC1=C2CC(=CCC1)C(=O)c1c2nc(N)nc1-c1ccc(F)cc1. The molecule has 2 aliphatic rings. The number of ketones is 1. The number of nitrogens with two attached hydrogens (primary N) is 1. The average Bonchev–Trinajstić information content (AvgIpc) is 2.73. The van der Waals surface area contributed by atoms with E-state index < -0.39 is 0 Å². The molecule has 5 heteroatoms. The van der Waals surface area contributed by atoms with E-state index in [1.165, 1.54) is 17.7 Å². The van der Waals surface area contributed by atoms with Crippen molar-refractivity contribution in [1.82, 2.24) is 9.97 Å². The number of halogens is 1. The summed E-state index contributed by atoms with van der Waals surface area (Å²) in [6.07, 6.45) is 4.35. The van der Waals surface area contributed by atoms with Gasteiger partial charge in [0, 0.05) is 17.6 Å². The van der Waals surface area contributed by atoms with Gasteiger partial charge in [-0.15, -0.1) is 0 Å². The zero-order valence-corrected chi connectivity index (χ0v) is 13.3. The zero-order valence-electron chi connectivity index (χ0n) is 13.3. The van der Waals surface area contributed by atoms with Gasteiger partial charge in [-0.05, 0) is 49.6 Å². The van der Waals surface area contributed by atoms with Crippen molar-refractivity contribution in [2.75, 3.05) is 5.73 Å². The molecule has 4 rings (SSSR count). The number of anilines is 1. The second-order valence-corrected chi connectivity index (χ2v) is 6.19. The van der Waals surface area contributed by atoms with Gasteiger partial charge in [-0.3, -0.25) is 4.79 Å². The summed E-state index contributed by atoms with van der Waals surface area (Å²) >= 11 is 0. The molecule has 2 N–H and O–H groups in total. The number of benzene rings is 1. The summed E-state index contributed by atoms with van der Waals surface area (Å²) in [6.45, 7) is 2.07. The van der Waals surface area contributed by atoms with Gasteiger partial charge in [0.25, 0.3) is 0 Å². The largest absolute Gasteiger partial charge is 0.368 e. The molecule has 0 saturated carbocycles. The van der Waals surface area contributed by atoms with Crippen molar-refractivity contribution >= 4 is 17.3 Å². The van der Waals surface area contributed by atoms with Crippen LogP contribution in [-0.4, -0.2) is 15.8 Å². The van der Waals surface area contributed by atoms with Gasteiger partial charge >= 0.3 is 0 Å². The first-order valence-electron chi connectivity index (χ1n) is 7.91. The minimum atomic E-state index is -0.337. The summed E-state index contributed by atoms with van der Waals surface area (Å²) in [6, 6.07) is 5.92. The Bertz CT molecular complexity index is 926. The molecular formula is C19H16FN3O. The Labute approximate surface area is 138 Å². The summed E-state index contributed by atoms with van der Waals surface area (Å²) in [7, 11) is 0. The van der Waals surface area contributed by atoms with Gasteiger partial charge in [0.05, 0.1) is 17.0 Å². The van der Waals surface area contributed by atoms with E-state index in [2.05, 4.69) is 16.9 Å². The molecule has 0 radical (unpaired) electrons. The van der Waals surface area contributed by atoms with Crippen molar-refractivity contribution in [3.63, 3.8) is 0 Å². The maximum absolute atomic E-state index is 13.2. The van der Waals surface area contributed by atoms with Crippen LogP contribution >= 0.6 is 0 Å². The molecule has 0 atom stereocenters. The summed E-state index contributed by atoms with van der Waals surface area (Å²) in [5.74, 6) is -0.267. The smallest absolute Gasteiger partial charge is 0.221 e. The van der Waals surface area contributed by atoms with Crippen molar-refractivity contribution in [2.45, 2.75) is 26.2 Å². The van der Waals surface area contributed by atoms with Crippen molar-refractivity contribution in [3.05, 3.63) is 58.6 Å². The summed E-state index contributed by atoms with van der Waals surface area (Å²) in [4.78, 5) is 21.6. The van der Waals surface area contributed by atoms with Crippen LogP contribution < -0.4 is 5.73 Å². The van der Waals surface area contributed by atoms with Gasteiger partial charge in [0.1, 0.15) is 5.82 Å². The lowest BCUT2D eigenvalue weighted by molar-refractivity contribution is 0.103. The number of nitrogens with zero attached hydrogens (tertiary/aromatic N) is 2. The number of carbonyl (C=O) groups is 1. The molecule has 4 nitrogen and oxygen atoms in total. The third-order valence-corrected chi connectivity index (χ3v) is 4.64. The fourth-order valence-electron chi connectivity index (χ4n) is 3.37. The van der Waals surface area contributed by atoms with E-state index in [9.17, 15) is 9.18 Å². The van der Waals surface area contributed by atoms with E-state index in [1.54, 1.807) is 12.1 Å². The fraction of sp³-hybridized carbons (Fsp3) is 0.211. The quantitative estimate of drug-likeness (QED) is 0.863. The monoisotopic (exact) mass is 321 g/mol. The van der Waals surface area contributed by atoms with E-state index in [4.69, 9.17) is 5.73 Å². The summed E-state index contributed by atoms with van der Waals surface area (Å²) in [5, 5.41) is 0. The molecule has 2 aromatic rings. The molecule has 0 fully saturated rings. The second-order valence-electron chi connectivity index (χ2n) is 6.19. The van der Waals surface area contributed by atoms with Crippen molar-refractivity contribution in [2.24, 2.45) is 0 Å². The Morgan fingerprint density at radius 3 is 2.58 bits per heavy atom. The highest BCUT2D eigenvalue weighted by Crippen LogP contribution is 2.41. The molecular weight excluding hydrogens is 305 g/mol. The topological polar surface area (TPSA) is 68.9 Å². The van der Waals surface area contributed by atoms with E-state index in [0.717, 1.165) is 24.0 Å². The first-order valence-corrected chi connectivity index (χ1v) is 7.91. The normalized spacial score (nSPS) is 16.6. The number of allylic oxidation sites excluding steroid dienone is 4. The number of nitrogen functional groups attached to an aromatic ring is 1. The van der Waals surface area contributed by atoms with E-state index >= 15 is 0 Å². The van der Waals surface area contributed by atoms with Gasteiger partial charge in [0.15, 0.2) is 5.78 Å². The predicted octanol–water partition coefficient (Wildman–Crippen LogP) is 3.95. The standard InChI is InChI=1S/C19H16FN3O/c1-10-3-2-4-12-9-14(10)17-15(18(12)24)16(22-19(21)23-17)11-5-7-13(20)8-6-11/h4-8H,2-3,9H2,1H3,(H2,21,22,23). The van der Waals surface area contributed by atoms with Gasteiger partial charge in [-0.1, -0.05) is 11.6 Å². The van der Waals surface area contributed by atoms with Crippen molar-refractivity contribution < 1.29 is 9.18 Å². The molecule has 1 aromatic heterocycles. The number of hydrogen-bond acceptors (Lipinski definition) is 4. The molecule has 2 bridgehead atoms. The molecule has 0 saturated heterocycles. The van der Waals surface area contributed by atoms with Crippen LogP contribution in [0.1, 0.15) is 42.2 Å². The van der Waals surface area contributed by atoms with E-state index in [-0.39, 0.29) is 17.5 Å². The van der Waals surface area contributed by atoms with Crippen LogP contribution in [0.25, 0.3) is 16.8 Å². The van der Waals surface area contributed by atoms with Crippen LogP contribution in [0.2, 0.25) is 0 Å². The molecule has 1 aromatic carbocycles. The predicted molar refractivity (Wildman–Crippen MR) is 90.7 cm³/mol. The van der Waals surface area contributed by atoms with Gasteiger partial charge in [-0.2, -0.15) is 0 Å². The minimum Gasteiger partial charge on any atom is -0.368 e.